The SMILES string of the molecule is c1ccc2c(c1)Cc1ccc3c(c1-2)-c1ccc2c4cnccc4n4c5ncccc5nc4c2c1C3. The van der Waals surface area contributed by atoms with Crippen LogP contribution in [-0.4, -0.2) is 19.4 Å². The molecule has 0 amide bonds. The number of fused-ring (bicyclic) bond motifs is 16. The first-order chi connectivity index (χ1) is 17.4. The Morgan fingerprint density at radius 3 is 2.51 bits per heavy atom. The third-order valence-corrected chi connectivity index (χ3v) is 7.96. The molecule has 3 aromatic carbocycles. The van der Waals surface area contributed by atoms with Crippen LogP contribution in [0.15, 0.2) is 85.3 Å². The summed E-state index contributed by atoms with van der Waals surface area (Å²) in [5.74, 6) is 0. The van der Waals surface area contributed by atoms with Crippen LogP contribution in [0.1, 0.15) is 22.3 Å². The first-order valence-electron chi connectivity index (χ1n) is 12.0. The Morgan fingerprint density at radius 2 is 1.54 bits per heavy atom. The van der Waals surface area contributed by atoms with Crippen LogP contribution in [0.25, 0.3) is 60.7 Å². The molecule has 4 aromatic heterocycles. The summed E-state index contributed by atoms with van der Waals surface area (Å²) in [6, 6.07) is 24.2. The van der Waals surface area contributed by atoms with Crippen molar-refractivity contribution in [2.45, 2.75) is 12.8 Å². The standard InChI is InChI=1S/C31H18N4/c1-2-5-20-17(4-1)14-18-7-8-19-15-23-21(28(19)27(18)20)9-10-22-24-16-32-13-11-26(24)35-30-25(6-3-12-33-30)34-31(35)29(22)23/h1-13,16H,14-15H2. The molecule has 0 spiro atoms. The minimum Gasteiger partial charge on any atom is -0.276 e. The predicted octanol–water partition coefficient (Wildman–Crippen LogP) is 6.73. The Bertz CT molecular complexity index is 2070. The topological polar surface area (TPSA) is 43.1 Å². The van der Waals surface area contributed by atoms with Gasteiger partial charge in [-0.05, 0) is 80.9 Å². The fourth-order valence-electron chi connectivity index (χ4n) is 6.56. The van der Waals surface area contributed by atoms with E-state index in [0.29, 0.717) is 0 Å². The van der Waals surface area contributed by atoms with Crippen molar-refractivity contribution in [3.8, 4) is 22.3 Å². The van der Waals surface area contributed by atoms with Crippen LogP contribution in [0.2, 0.25) is 0 Å². The number of nitrogens with zero attached hydrogens (tertiary/aromatic N) is 4. The second kappa shape index (κ2) is 6.10. The zero-order chi connectivity index (χ0) is 22.7. The molecule has 162 valence electrons. The molecule has 0 fully saturated rings. The number of hydrogen-bond donors (Lipinski definition) is 0. The minimum absolute atomic E-state index is 0.892. The molecule has 2 aliphatic carbocycles. The molecule has 4 heterocycles. The number of benzene rings is 3. The largest absolute Gasteiger partial charge is 0.276 e. The van der Waals surface area contributed by atoms with Gasteiger partial charge < -0.3 is 0 Å². The Labute approximate surface area is 200 Å². The second-order valence-electron chi connectivity index (χ2n) is 9.67. The number of imidazole rings is 1. The van der Waals surface area contributed by atoms with Crippen molar-refractivity contribution < 1.29 is 0 Å². The van der Waals surface area contributed by atoms with Gasteiger partial charge in [0.05, 0.1) is 5.52 Å². The van der Waals surface area contributed by atoms with Crippen molar-refractivity contribution in [2.24, 2.45) is 0 Å². The van der Waals surface area contributed by atoms with Gasteiger partial charge in [0.25, 0.3) is 0 Å². The lowest BCUT2D eigenvalue weighted by atomic mass is 9.92. The Balaban J connectivity index is 1.47. The van der Waals surface area contributed by atoms with E-state index in [9.17, 15) is 0 Å². The molecule has 4 heteroatoms. The van der Waals surface area contributed by atoms with E-state index in [1.165, 1.54) is 55.3 Å². The Kier molecular flexibility index (Phi) is 3.11. The highest BCUT2D eigenvalue weighted by molar-refractivity contribution is 6.17. The smallest absolute Gasteiger partial charge is 0.164 e. The van der Waals surface area contributed by atoms with Crippen LogP contribution < -0.4 is 0 Å². The fourth-order valence-corrected chi connectivity index (χ4v) is 6.56. The van der Waals surface area contributed by atoms with E-state index in [1.54, 1.807) is 0 Å². The first-order valence-corrected chi connectivity index (χ1v) is 12.0. The van der Waals surface area contributed by atoms with Gasteiger partial charge in [0, 0.05) is 29.4 Å². The monoisotopic (exact) mass is 446 g/mol. The van der Waals surface area contributed by atoms with Crippen molar-refractivity contribution >= 4 is 38.5 Å². The molecule has 0 atom stereocenters. The molecular formula is C31H18N4. The third kappa shape index (κ3) is 2.11. The molecule has 2 aliphatic rings. The van der Waals surface area contributed by atoms with Crippen LogP contribution in [0.3, 0.4) is 0 Å². The van der Waals surface area contributed by atoms with Gasteiger partial charge in [-0.1, -0.05) is 48.5 Å². The van der Waals surface area contributed by atoms with Crippen LogP contribution in [0.4, 0.5) is 0 Å². The molecular weight excluding hydrogens is 428 g/mol. The van der Waals surface area contributed by atoms with Gasteiger partial charge in [0.1, 0.15) is 11.2 Å². The van der Waals surface area contributed by atoms with Crippen molar-refractivity contribution in [1.29, 1.82) is 0 Å². The normalized spacial score (nSPS) is 13.5. The first kappa shape index (κ1) is 17.8. The quantitative estimate of drug-likeness (QED) is 0.243. The second-order valence-corrected chi connectivity index (χ2v) is 9.67. The highest BCUT2D eigenvalue weighted by Crippen LogP contribution is 2.51. The maximum Gasteiger partial charge on any atom is 0.164 e. The Morgan fingerprint density at radius 1 is 0.657 bits per heavy atom. The number of hydrogen-bond acceptors (Lipinski definition) is 3. The van der Waals surface area contributed by atoms with Crippen LogP contribution >= 0.6 is 0 Å². The summed E-state index contributed by atoms with van der Waals surface area (Å²) in [4.78, 5) is 14.3. The highest BCUT2D eigenvalue weighted by atomic mass is 15.1. The molecule has 0 aliphatic heterocycles. The summed E-state index contributed by atoms with van der Waals surface area (Å²) in [6.45, 7) is 0. The lowest BCUT2D eigenvalue weighted by Crippen LogP contribution is -1.96. The molecule has 4 nitrogen and oxygen atoms in total. The summed E-state index contributed by atoms with van der Waals surface area (Å²) < 4.78 is 2.22. The lowest BCUT2D eigenvalue weighted by Gasteiger charge is -2.13. The van der Waals surface area contributed by atoms with E-state index in [2.05, 4.69) is 70.0 Å². The summed E-state index contributed by atoms with van der Waals surface area (Å²) in [5.41, 5.74) is 15.1. The molecule has 0 bridgehead atoms. The third-order valence-electron chi connectivity index (χ3n) is 7.96. The van der Waals surface area contributed by atoms with Gasteiger partial charge in [-0.25, -0.2) is 9.97 Å². The van der Waals surface area contributed by atoms with Crippen LogP contribution in [-0.2, 0) is 12.8 Å². The van der Waals surface area contributed by atoms with Gasteiger partial charge in [-0.2, -0.15) is 0 Å². The number of rotatable bonds is 0. The van der Waals surface area contributed by atoms with Gasteiger partial charge >= 0.3 is 0 Å². The Hall–Kier alpha value is -4.57. The summed E-state index contributed by atoms with van der Waals surface area (Å²) in [7, 11) is 0. The highest BCUT2D eigenvalue weighted by Gasteiger charge is 2.30. The molecule has 0 saturated carbocycles. The minimum atomic E-state index is 0.892. The molecule has 0 saturated heterocycles. The van der Waals surface area contributed by atoms with Gasteiger partial charge in [0.15, 0.2) is 5.65 Å². The van der Waals surface area contributed by atoms with Crippen LogP contribution in [0, 0.1) is 0 Å². The number of aromatic nitrogens is 4. The summed E-state index contributed by atoms with van der Waals surface area (Å²) >= 11 is 0. The summed E-state index contributed by atoms with van der Waals surface area (Å²) in [6.07, 6.45) is 7.61. The number of pyridine rings is 3. The van der Waals surface area contributed by atoms with E-state index in [-0.39, 0.29) is 0 Å². The molecule has 0 radical (unpaired) electrons. The van der Waals surface area contributed by atoms with Gasteiger partial charge in [-0.15, -0.1) is 0 Å². The van der Waals surface area contributed by atoms with E-state index >= 15 is 0 Å². The molecule has 7 aromatic rings. The van der Waals surface area contributed by atoms with Crippen molar-refractivity contribution in [3.05, 3.63) is 108 Å². The average molecular weight is 447 g/mol. The van der Waals surface area contributed by atoms with E-state index in [1.807, 2.05) is 24.7 Å². The van der Waals surface area contributed by atoms with Crippen LogP contribution in [0.5, 0.6) is 0 Å². The lowest BCUT2D eigenvalue weighted by molar-refractivity contribution is 1.22. The van der Waals surface area contributed by atoms with E-state index in [0.717, 1.165) is 40.6 Å². The van der Waals surface area contributed by atoms with Gasteiger partial charge in [-0.3, -0.25) is 9.38 Å². The zero-order valence-corrected chi connectivity index (χ0v) is 18.8. The molecule has 9 rings (SSSR count). The average Bonchev–Trinajstić information content (AvgIpc) is 3.59. The van der Waals surface area contributed by atoms with Gasteiger partial charge in [0.2, 0.25) is 0 Å². The van der Waals surface area contributed by atoms with Crippen molar-refractivity contribution in [3.63, 3.8) is 0 Å². The fraction of sp³-hybridized carbons (Fsp3) is 0.0645. The molecule has 0 unspecified atom stereocenters. The van der Waals surface area contributed by atoms with E-state index in [4.69, 9.17) is 9.97 Å². The molecule has 0 N–H and O–H groups in total. The van der Waals surface area contributed by atoms with Crippen molar-refractivity contribution in [2.75, 3.05) is 0 Å². The maximum absolute atomic E-state index is 5.12. The van der Waals surface area contributed by atoms with E-state index < -0.39 is 0 Å². The zero-order valence-electron chi connectivity index (χ0n) is 18.8. The summed E-state index contributed by atoms with van der Waals surface area (Å²) in [5, 5.41) is 3.56. The predicted molar refractivity (Wildman–Crippen MR) is 140 cm³/mol. The molecule has 35 heavy (non-hydrogen) atoms. The maximum atomic E-state index is 5.12. The van der Waals surface area contributed by atoms with Crippen molar-refractivity contribution in [1.82, 2.24) is 19.4 Å².